The number of hydrogen-bond acceptors (Lipinski definition) is 8. The van der Waals surface area contributed by atoms with E-state index in [1.807, 2.05) is 126 Å². The second-order valence-corrected chi connectivity index (χ2v) is 15.6. The number of aliphatic hydroxyl groups is 5. The third-order valence-electron chi connectivity index (χ3n) is 9.33. The smallest absolute Gasteiger partial charge is 0.187 e. The van der Waals surface area contributed by atoms with Crippen LogP contribution in [-0.2, 0) is 14.3 Å². The molecular formula is C46H64O8. The molecule has 54 heavy (non-hydrogen) atoms. The minimum atomic E-state index is -1.46. The zero-order valence-corrected chi connectivity index (χ0v) is 34.0. The van der Waals surface area contributed by atoms with Crippen LogP contribution in [0.4, 0.5) is 0 Å². The van der Waals surface area contributed by atoms with Crippen molar-refractivity contribution in [1.29, 1.82) is 0 Å². The van der Waals surface area contributed by atoms with Gasteiger partial charge in [0.1, 0.15) is 30.5 Å². The summed E-state index contributed by atoms with van der Waals surface area (Å²) in [6.45, 7) is 20.7. The molecule has 7 atom stereocenters. The van der Waals surface area contributed by atoms with E-state index in [1.54, 1.807) is 39.8 Å². The van der Waals surface area contributed by atoms with Gasteiger partial charge in [-0.2, -0.15) is 0 Å². The highest BCUT2D eigenvalue weighted by Crippen LogP contribution is 2.39. The maximum Gasteiger partial charge on any atom is 0.187 e. The summed E-state index contributed by atoms with van der Waals surface area (Å²) in [5, 5.41) is 51.1. The molecule has 0 aromatic carbocycles. The van der Waals surface area contributed by atoms with Crippen molar-refractivity contribution in [3.05, 3.63) is 142 Å². The Bertz CT molecular complexity index is 1660. The highest BCUT2D eigenvalue weighted by molar-refractivity contribution is 6.00. The Hall–Kier alpha value is -3.73. The van der Waals surface area contributed by atoms with Crippen LogP contribution in [0.2, 0.25) is 0 Å². The molecule has 1 saturated heterocycles. The van der Waals surface area contributed by atoms with Crippen LogP contribution in [0.15, 0.2) is 142 Å². The molecular weight excluding hydrogens is 680 g/mol. The zero-order chi connectivity index (χ0) is 40.8. The van der Waals surface area contributed by atoms with Gasteiger partial charge in [0.25, 0.3) is 0 Å². The minimum Gasteiger partial charge on any atom is -0.388 e. The molecule has 0 bridgehead atoms. The number of ketones is 1. The minimum absolute atomic E-state index is 0.184. The summed E-state index contributed by atoms with van der Waals surface area (Å²) >= 11 is 0. The molecule has 0 spiro atoms. The molecule has 2 aliphatic rings. The van der Waals surface area contributed by atoms with Crippen LogP contribution in [0.5, 0.6) is 0 Å². The van der Waals surface area contributed by atoms with E-state index in [1.165, 1.54) is 0 Å². The maximum absolute atomic E-state index is 12.3. The van der Waals surface area contributed by atoms with E-state index in [-0.39, 0.29) is 11.2 Å². The fourth-order valence-corrected chi connectivity index (χ4v) is 5.85. The Morgan fingerprint density at radius 3 is 1.67 bits per heavy atom. The predicted molar refractivity (Wildman–Crippen MR) is 219 cm³/mol. The van der Waals surface area contributed by atoms with Gasteiger partial charge in [0.05, 0.1) is 11.7 Å². The lowest BCUT2D eigenvalue weighted by Gasteiger charge is -2.41. The standard InChI is InChI=1S/C46H64O8/c1-30(17-12-13-18-31(2)20-15-23-33(4)25-27-37-35(6)40(48)38(47)29-45(37,8)9)19-14-21-32(3)22-16-24-34(5)26-28-39(46(10,11)52)54-44-43(51)42(50)41(49)36(7)53-44/h12-28,36,38-39,41-44,47,49-52H,29H2,1-11H3. The maximum atomic E-state index is 12.3. The van der Waals surface area contributed by atoms with E-state index in [0.29, 0.717) is 12.0 Å². The molecule has 0 aromatic rings. The summed E-state index contributed by atoms with van der Waals surface area (Å²) in [5.41, 5.74) is 5.28. The molecule has 0 aromatic heterocycles. The molecule has 2 rings (SSSR count). The lowest BCUT2D eigenvalue weighted by Crippen LogP contribution is -2.58. The van der Waals surface area contributed by atoms with Crippen LogP contribution < -0.4 is 0 Å². The number of carbonyl (C=O) groups is 1. The van der Waals surface area contributed by atoms with Gasteiger partial charge in [-0.25, -0.2) is 0 Å². The quantitative estimate of drug-likeness (QED) is 0.108. The highest BCUT2D eigenvalue weighted by atomic mass is 16.7. The monoisotopic (exact) mass is 744 g/mol. The molecule has 1 heterocycles. The molecule has 8 heteroatoms. The van der Waals surface area contributed by atoms with Gasteiger partial charge < -0.3 is 35.0 Å². The van der Waals surface area contributed by atoms with Crippen molar-refractivity contribution in [2.75, 3.05) is 0 Å². The van der Waals surface area contributed by atoms with Crippen molar-refractivity contribution in [3.63, 3.8) is 0 Å². The third-order valence-corrected chi connectivity index (χ3v) is 9.33. The Labute approximate surface area is 323 Å². The largest absolute Gasteiger partial charge is 0.388 e. The first-order valence-corrected chi connectivity index (χ1v) is 18.6. The molecule has 7 unspecified atom stereocenters. The van der Waals surface area contributed by atoms with E-state index in [2.05, 4.69) is 13.8 Å². The van der Waals surface area contributed by atoms with Crippen LogP contribution >= 0.6 is 0 Å². The predicted octanol–water partition coefficient (Wildman–Crippen LogP) is 7.72. The van der Waals surface area contributed by atoms with Crippen LogP contribution in [0.1, 0.15) is 82.6 Å². The van der Waals surface area contributed by atoms with Gasteiger partial charge in [-0.15, -0.1) is 0 Å². The van der Waals surface area contributed by atoms with E-state index in [9.17, 15) is 30.3 Å². The SMILES string of the molecule is CC(C=CC=C(C)C=CC=C(C)C=CC(OC1OC(C)C(O)C(O)C1O)C(C)(C)O)=CC=CC=C(C)C=CC=C(C)C=CC1=C(C)C(=O)C(O)CC1(C)C. The number of rotatable bonds is 15. The molecule has 8 nitrogen and oxygen atoms in total. The number of aliphatic hydroxyl groups excluding tert-OH is 4. The molecule has 0 saturated carbocycles. The Morgan fingerprint density at radius 2 is 1.19 bits per heavy atom. The summed E-state index contributed by atoms with van der Waals surface area (Å²) in [6, 6.07) is 0. The highest BCUT2D eigenvalue weighted by Gasteiger charge is 2.44. The van der Waals surface area contributed by atoms with E-state index < -0.39 is 48.5 Å². The van der Waals surface area contributed by atoms with Crippen LogP contribution in [-0.4, -0.2) is 79.8 Å². The number of carbonyl (C=O) groups excluding carboxylic acids is 1. The summed E-state index contributed by atoms with van der Waals surface area (Å²) < 4.78 is 11.4. The van der Waals surface area contributed by atoms with Crippen LogP contribution in [0.25, 0.3) is 0 Å². The number of hydrogen-bond donors (Lipinski definition) is 5. The average molecular weight is 745 g/mol. The van der Waals surface area contributed by atoms with Crippen LogP contribution in [0.3, 0.4) is 0 Å². The molecule has 0 amide bonds. The summed E-state index contributed by atoms with van der Waals surface area (Å²) in [6.07, 6.45) is 26.2. The number of allylic oxidation sites excluding steroid dienone is 22. The van der Waals surface area contributed by atoms with Crippen molar-refractivity contribution < 1.29 is 39.8 Å². The molecule has 5 N–H and O–H groups in total. The first kappa shape index (κ1) is 46.4. The van der Waals surface area contributed by atoms with Crippen molar-refractivity contribution >= 4 is 5.78 Å². The first-order chi connectivity index (χ1) is 25.1. The number of Topliss-reactive ketones (excluding diaryl/α,β-unsaturated/α-hetero) is 1. The lowest BCUT2D eigenvalue weighted by atomic mass is 9.71. The Morgan fingerprint density at radius 1 is 0.741 bits per heavy atom. The molecule has 296 valence electrons. The van der Waals surface area contributed by atoms with Gasteiger partial charge in [-0.1, -0.05) is 145 Å². The third kappa shape index (κ3) is 15.2. The van der Waals surface area contributed by atoms with Crippen molar-refractivity contribution in [1.82, 2.24) is 0 Å². The van der Waals surface area contributed by atoms with Crippen molar-refractivity contribution in [2.45, 2.75) is 131 Å². The van der Waals surface area contributed by atoms with Crippen molar-refractivity contribution in [3.8, 4) is 0 Å². The molecule has 1 aliphatic carbocycles. The summed E-state index contributed by atoms with van der Waals surface area (Å²) in [7, 11) is 0. The second kappa shape index (κ2) is 21.4. The summed E-state index contributed by atoms with van der Waals surface area (Å²) in [5.74, 6) is -0.184. The van der Waals surface area contributed by atoms with E-state index in [0.717, 1.165) is 33.4 Å². The number of ether oxygens (including phenoxy) is 2. The van der Waals surface area contributed by atoms with Gasteiger partial charge >= 0.3 is 0 Å². The van der Waals surface area contributed by atoms with Gasteiger partial charge in [0.15, 0.2) is 12.1 Å². The van der Waals surface area contributed by atoms with Gasteiger partial charge in [-0.05, 0) is 85.3 Å². The zero-order valence-electron chi connectivity index (χ0n) is 34.0. The van der Waals surface area contributed by atoms with Gasteiger partial charge in [0, 0.05) is 0 Å². The van der Waals surface area contributed by atoms with E-state index in [4.69, 9.17) is 9.47 Å². The average Bonchev–Trinajstić information content (AvgIpc) is 3.07. The topological polar surface area (TPSA) is 137 Å². The Balaban J connectivity index is 1.91. The summed E-state index contributed by atoms with van der Waals surface area (Å²) in [4.78, 5) is 12.3. The first-order valence-electron chi connectivity index (χ1n) is 18.6. The van der Waals surface area contributed by atoms with Gasteiger partial charge in [-0.3, -0.25) is 4.79 Å². The Kier molecular flexibility index (Phi) is 18.4. The fraction of sp³-hybridized carbons (Fsp3) is 0.457. The van der Waals surface area contributed by atoms with Crippen molar-refractivity contribution in [2.24, 2.45) is 5.41 Å². The van der Waals surface area contributed by atoms with Crippen LogP contribution in [0, 0.1) is 5.41 Å². The molecule has 0 radical (unpaired) electrons. The fourth-order valence-electron chi connectivity index (χ4n) is 5.85. The van der Waals surface area contributed by atoms with E-state index >= 15 is 0 Å². The lowest BCUT2D eigenvalue weighted by molar-refractivity contribution is -0.309. The molecule has 1 aliphatic heterocycles. The normalized spacial score (nSPS) is 28.1. The molecule has 1 fully saturated rings. The van der Waals surface area contributed by atoms with Gasteiger partial charge in [0.2, 0.25) is 0 Å². The second-order valence-electron chi connectivity index (χ2n) is 15.6.